The fourth-order valence-electron chi connectivity index (χ4n) is 1.36. The molecule has 3 nitrogen and oxygen atoms in total. The van der Waals surface area contributed by atoms with Crippen molar-refractivity contribution in [2.24, 2.45) is 7.05 Å². The number of aliphatic hydroxyl groups is 1. The molecule has 0 amide bonds. The van der Waals surface area contributed by atoms with E-state index in [1.807, 2.05) is 19.3 Å². The summed E-state index contributed by atoms with van der Waals surface area (Å²) in [6.07, 6.45) is 5.47. The Bertz CT molecular complexity index is 245. The fraction of sp³-hybridized carbons (Fsp3) is 0.700. The molecular weight excluding hydrogens is 164 g/mol. The van der Waals surface area contributed by atoms with Gasteiger partial charge in [-0.3, -0.25) is 4.68 Å². The summed E-state index contributed by atoms with van der Waals surface area (Å²) in [5, 5.41) is 13.8. The minimum absolute atomic E-state index is 0.227. The van der Waals surface area contributed by atoms with Gasteiger partial charge in [-0.15, -0.1) is 0 Å². The van der Waals surface area contributed by atoms with Crippen molar-refractivity contribution >= 4 is 0 Å². The lowest BCUT2D eigenvalue weighted by Crippen LogP contribution is -2.10. The van der Waals surface area contributed by atoms with Crippen LogP contribution in [0.25, 0.3) is 0 Å². The number of aliphatic hydroxyl groups excluding tert-OH is 1. The van der Waals surface area contributed by atoms with E-state index >= 15 is 0 Å². The summed E-state index contributed by atoms with van der Waals surface area (Å²) in [6, 6.07) is 1.95. The van der Waals surface area contributed by atoms with Crippen LogP contribution >= 0.6 is 0 Å². The molecule has 74 valence electrons. The maximum atomic E-state index is 9.59. The van der Waals surface area contributed by atoms with Gasteiger partial charge in [0.05, 0.1) is 11.8 Å². The smallest absolute Gasteiger partial charge is 0.0650 e. The average Bonchev–Trinajstić information content (AvgIpc) is 2.48. The zero-order valence-corrected chi connectivity index (χ0v) is 8.40. The second-order valence-corrected chi connectivity index (χ2v) is 3.48. The number of nitrogens with zero attached hydrogens (tertiary/aromatic N) is 2. The van der Waals surface area contributed by atoms with Gasteiger partial charge in [-0.1, -0.05) is 19.8 Å². The summed E-state index contributed by atoms with van der Waals surface area (Å²) in [7, 11) is 1.89. The summed E-state index contributed by atoms with van der Waals surface area (Å²) in [5.74, 6) is 0. The number of unbranched alkanes of at least 4 members (excludes halogenated alkanes) is 1. The van der Waals surface area contributed by atoms with Crippen molar-refractivity contribution in [3.8, 4) is 0 Å². The van der Waals surface area contributed by atoms with Crippen LogP contribution in [0.3, 0.4) is 0 Å². The molecule has 0 aliphatic carbocycles. The second-order valence-electron chi connectivity index (χ2n) is 3.48. The van der Waals surface area contributed by atoms with Gasteiger partial charge in [0.2, 0.25) is 0 Å². The first-order chi connectivity index (χ1) is 6.22. The third kappa shape index (κ3) is 3.59. The molecule has 1 heterocycles. The maximum absolute atomic E-state index is 9.59. The first-order valence-electron chi connectivity index (χ1n) is 4.89. The molecule has 0 bridgehead atoms. The predicted octanol–water partition coefficient (Wildman–Crippen LogP) is 1.51. The number of aryl methyl sites for hydroxylation is 1. The predicted molar refractivity (Wildman–Crippen MR) is 52.4 cm³/mol. The minimum Gasteiger partial charge on any atom is -0.393 e. The van der Waals surface area contributed by atoms with E-state index in [1.54, 1.807) is 4.68 Å². The van der Waals surface area contributed by atoms with Gasteiger partial charge in [0.15, 0.2) is 0 Å². The minimum atomic E-state index is -0.227. The van der Waals surface area contributed by atoms with E-state index in [4.69, 9.17) is 0 Å². The Morgan fingerprint density at radius 1 is 1.62 bits per heavy atom. The van der Waals surface area contributed by atoms with Crippen molar-refractivity contribution in [1.29, 1.82) is 0 Å². The first kappa shape index (κ1) is 10.3. The lowest BCUT2D eigenvalue weighted by atomic mass is 10.1. The van der Waals surface area contributed by atoms with Crippen LogP contribution in [-0.2, 0) is 13.5 Å². The van der Waals surface area contributed by atoms with Crippen molar-refractivity contribution in [3.05, 3.63) is 18.0 Å². The Balaban J connectivity index is 2.31. The van der Waals surface area contributed by atoms with Gasteiger partial charge in [0.25, 0.3) is 0 Å². The van der Waals surface area contributed by atoms with E-state index in [1.165, 1.54) is 0 Å². The monoisotopic (exact) mass is 182 g/mol. The van der Waals surface area contributed by atoms with E-state index in [0.29, 0.717) is 6.42 Å². The number of hydrogen-bond acceptors (Lipinski definition) is 2. The highest BCUT2D eigenvalue weighted by Gasteiger charge is 2.06. The Morgan fingerprint density at radius 2 is 2.38 bits per heavy atom. The van der Waals surface area contributed by atoms with E-state index in [2.05, 4.69) is 12.0 Å². The lowest BCUT2D eigenvalue weighted by Gasteiger charge is -2.06. The van der Waals surface area contributed by atoms with Gasteiger partial charge in [0, 0.05) is 19.7 Å². The van der Waals surface area contributed by atoms with Gasteiger partial charge in [0.1, 0.15) is 0 Å². The molecule has 13 heavy (non-hydrogen) atoms. The van der Waals surface area contributed by atoms with Crippen LogP contribution in [0.2, 0.25) is 0 Å². The van der Waals surface area contributed by atoms with Crippen molar-refractivity contribution in [3.63, 3.8) is 0 Å². The van der Waals surface area contributed by atoms with E-state index in [0.717, 1.165) is 25.0 Å². The third-order valence-electron chi connectivity index (χ3n) is 2.10. The average molecular weight is 182 g/mol. The summed E-state index contributed by atoms with van der Waals surface area (Å²) in [5.41, 5.74) is 0.978. The van der Waals surface area contributed by atoms with E-state index < -0.39 is 0 Å². The zero-order chi connectivity index (χ0) is 9.68. The molecule has 1 N–H and O–H groups in total. The van der Waals surface area contributed by atoms with E-state index in [-0.39, 0.29) is 6.10 Å². The SMILES string of the molecule is CCCCC(O)Cc1ccn(C)n1. The van der Waals surface area contributed by atoms with Gasteiger partial charge >= 0.3 is 0 Å². The summed E-state index contributed by atoms with van der Waals surface area (Å²) in [4.78, 5) is 0. The molecule has 0 aliphatic rings. The normalized spacial score (nSPS) is 13.2. The molecule has 0 aromatic carbocycles. The lowest BCUT2D eigenvalue weighted by molar-refractivity contribution is 0.160. The van der Waals surface area contributed by atoms with Crippen LogP contribution in [0.15, 0.2) is 12.3 Å². The van der Waals surface area contributed by atoms with Crippen LogP contribution in [0.4, 0.5) is 0 Å². The number of hydrogen-bond donors (Lipinski definition) is 1. The number of aromatic nitrogens is 2. The molecule has 0 saturated carbocycles. The molecule has 1 atom stereocenters. The highest BCUT2D eigenvalue weighted by atomic mass is 16.3. The highest BCUT2D eigenvalue weighted by Crippen LogP contribution is 2.06. The van der Waals surface area contributed by atoms with Crippen molar-refractivity contribution in [1.82, 2.24) is 9.78 Å². The quantitative estimate of drug-likeness (QED) is 0.749. The zero-order valence-electron chi connectivity index (χ0n) is 8.40. The van der Waals surface area contributed by atoms with Crippen LogP contribution < -0.4 is 0 Å². The highest BCUT2D eigenvalue weighted by molar-refractivity contribution is 4.99. The third-order valence-corrected chi connectivity index (χ3v) is 2.10. The van der Waals surface area contributed by atoms with Crippen molar-refractivity contribution in [2.75, 3.05) is 0 Å². The molecule has 0 radical (unpaired) electrons. The topological polar surface area (TPSA) is 38.0 Å². The van der Waals surface area contributed by atoms with Gasteiger partial charge in [-0.2, -0.15) is 5.10 Å². The van der Waals surface area contributed by atoms with Crippen LogP contribution in [0.1, 0.15) is 31.9 Å². The molecule has 1 unspecified atom stereocenters. The van der Waals surface area contributed by atoms with Crippen molar-refractivity contribution < 1.29 is 5.11 Å². The van der Waals surface area contributed by atoms with Crippen LogP contribution in [0.5, 0.6) is 0 Å². The summed E-state index contributed by atoms with van der Waals surface area (Å²) in [6.45, 7) is 2.13. The molecule has 1 rings (SSSR count). The summed E-state index contributed by atoms with van der Waals surface area (Å²) >= 11 is 0. The Morgan fingerprint density at radius 3 is 2.92 bits per heavy atom. The molecule has 1 aromatic heterocycles. The Hall–Kier alpha value is -0.830. The fourth-order valence-corrected chi connectivity index (χ4v) is 1.36. The largest absolute Gasteiger partial charge is 0.393 e. The van der Waals surface area contributed by atoms with Gasteiger partial charge in [-0.25, -0.2) is 0 Å². The number of rotatable bonds is 5. The van der Waals surface area contributed by atoms with Crippen molar-refractivity contribution in [2.45, 2.75) is 38.7 Å². The summed E-state index contributed by atoms with van der Waals surface area (Å²) < 4.78 is 1.77. The first-order valence-corrected chi connectivity index (χ1v) is 4.89. The van der Waals surface area contributed by atoms with Crippen LogP contribution in [0, 0.1) is 0 Å². The van der Waals surface area contributed by atoms with Crippen LogP contribution in [-0.4, -0.2) is 21.0 Å². The Labute approximate surface area is 79.4 Å². The Kier molecular flexibility index (Phi) is 3.96. The van der Waals surface area contributed by atoms with Gasteiger partial charge in [-0.05, 0) is 12.5 Å². The molecule has 0 saturated heterocycles. The maximum Gasteiger partial charge on any atom is 0.0650 e. The molecule has 3 heteroatoms. The standard InChI is InChI=1S/C10H18N2O/c1-3-4-5-10(13)8-9-6-7-12(2)11-9/h6-7,10,13H,3-5,8H2,1-2H3. The van der Waals surface area contributed by atoms with Gasteiger partial charge < -0.3 is 5.11 Å². The molecule has 0 aliphatic heterocycles. The molecule has 1 aromatic rings. The molecule has 0 spiro atoms. The van der Waals surface area contributed by atoms with E-state index in [9.17, 15) is 5.11 Å². The second kappa shape index (κ2) is 5.02. The molecular formula is C10H18N2O. The molecule has 0 fully saturated rings.